The number of carboxylic acids is 1. The van der Waals surface area contributed by atoms with E-state index in [2.05, 4.69) is 15.6 Å². The van der Waals surface area contributed by atoms with Gasteiger partial charge in [0.25, 0.3) is 0 Å². The van der Waals surface area contributed by atoms with Gasteiger partial charge in [-0.1, -0.05) is 12.1 Å². The molecule has 184 valence electrons. The van der Waals surface area contributed by atoms with Gasteiger partial charge in [0, 0.05) is 6.54 Å². The van der Waals surface area contributed by atoms with Gasteiger partial charge in [-0.3, -0.25) is 14.6 Å². The maximum Gasteiger partial charge on any atom is 0.326 e. The molecule has 0 bridgehead atoms. The molecule has 0 fully saturated rings. The van der Waals surface area contributed by atoms with E-state index in [1.165, 1.54) is 12.1 Å². The molecular weight excluding hydrogens is 430 g/mol. The Morgan fingerprint density at radius 3 is 2.12 bits per heavy atom. The number of carbonyl (C=O) groups excluding carboxylic acids is 2. The number of phenols is 1. The van der Waals surface area contributed by atoms with Crippen molar-refractivity contribution in [2.45, 2.75) is 56.7 Å². The van der Waals surface area contributed by atoms with Crippen LogP contribution in [0.4, 0.5) is 0 Å². The fourth-order valence-corrected chi connectivity index (χ4v) is 3.05. The first-order valence-electron chi connectivity index (χ1n) is 10.8. The molecule has 0 aliphatic carbocycles. The largest absolute Gasteiger partial charge is 0.508 e. The zero-order chi connectivity index (χ0) is 24.8. The van der Waals surface area contributed by atoms with Crippen LogP contribution in [0.25, 0.3) is 0 Å². The highest BCUT2D eigenvalue weighted by Gasteiger charge is 2.27. The Hall–Kier alpha value is -3.38. The number of aromatic hydroxyl groups is 1. The van der Waals surface area contributed by atoms with Crippen LogP contribution in [-0.4, -0.2) is 65.2 Å². The standard InChI is InChI=1S/C21H35N7O5/c22-10-2-1-4-17(20(32)33)28-19(31)16(5-3-11-26-21(24)25)27-18(30)15(23)12-13-6-8-14(29)9-7-13/h6-9,15-17,29H,1-5,10-12,22-23H2,(H,27,30)(H,28,31)(H,32,33)(H4,24,25,26). The molecule has 0 aromatic heterocycles. The molecule has 1 aromatic carbocycles. The lowest BCUT2D eigenvalue weighted by atomic mass is 10.0. The summed E-state index contributed by atoms with van der Waals surface area (Å²) in [6, 6.07) is 3.16. The number of nitrogens with one attached hydrogen (secondary N) is 2. The van der Waals surface area contributed by atoms with Gasteiger partial charge in [-0.2, -0.15) is 0 Å². The summed E-state index contributed by atoms with van der Waals surface area (Å²) >= 11 is 0. The first-order valence-corrected chi connectivity index (χ1v) is 10.8. The number of phenolic OH excluding ortho intramolecular Hbond substituents is 1. The summed E-state index contributed by atoms with van der Waals surface area (Å²) in [4.78, 5) is 40.8. The summed E-state index contributed by atoms with van der Waals surface area (Å²) in [5.74, 6) is -2.38. The number of carboxylic acid groups (broad SMARTS) is 1. The van der Waals surface area contributed by atoms with Gasteiger partial charge in [-0.15, -0.1) is 0 Å². The maximum atomic E-state index is 12.8. The predicted molar refractivity (Wildman–Crippen MR) is 124 cm³/mol. The van der Waals surface area contributed by atoms with Gasteiger partial charge in [-0.25, -0.2) is 4.79 Å². The molecule has 33 heavy (non-hydrogen) atoms. The Morgan fingerprint density at radius 1 is 0.939 bits per heavy atom. The van der Waals surface area contributed by atoms with E-state index in [9.17, 15) is 24.6 Å². The number of nitrogens with two attached hydrogens (primary N) is 4. The molecule has 3 unspecified atom stereocenters. The minimum atomic E-state index is -1.17. The van der Waals surface area contributed by atoms with Gasteiger partial charge >= 0.3 is 5.97 Å². The molecule has 0 heterocycles. The van der Waals surface area contributed by atoms with Crippen LogP contribution in [0, 0.1) is 0 Å². The van der Waals surface area contributed by atoms with E-state index in [0.29, 0.717) is 25.8 Å². The van der Waals surface area contributed by atoms with Gasteiger partial charge < -0.3 is 43.8 Å². The van der Waals surface area contributed by atoms with Gasteiger partial charge in [0.2, 0.25) is 11.8 Å². The summed E-state index contributed by atoms with van der Waals surface area (Å²) in [7, 11) is 0. The van der Waals surface area contributed by atoms with Crippen molar-refractivity contribution in [2.75, 3.05) is 13.1 Å². The number of aliphatic imine (C=N–C) groups is 1. The number of benzene rings is 1. The zero-order valence-corrected chi connectivity index (χ0v) is 18.6. The van der Waals surface area contributed by atoms with Crippen molar-refractivity contribution in [1.29, 1.82) is 0 Å². The van der Waals surface area contributed by atoms with Crippen molar-refractivity contribution in [3.8, 4) is 5.75 Å². The van der Waals surface area contributed by atoms with Crippen molar-refractivity contribution >= 4 is 23.7 Å². The van der Waals surface area contributed by atoms with Crippen molar-refractivity contribution in [1.82, 2.24) is 10.6 Å². The van der Waals surface area contributed by atoms with Crippen LogP contribution >= 0.6 is 0 Å². The molecule has 12 heteroatoms. The third-order valence-corrected chi connectivity index (χ3v) is 4.87. The minimum absolute atomic E-state index is 0.0914. The van der Waals surface area contributed by atoms with E-state index in [-0.39, 0.29) is 37.5 Å². The minimum Gasteiger partial charge on any atom is -0.508 e. The van der Waals surface area contributed by atoms with Crippen LogP contribution in [0.2, 0.25) is 0 Å². The van der Waals surface area contributed by atoms with E-state index in [4.69, 9.17) is 22.9 Å². The Balaban J connectivity index is 2.82. The smallest absolute Gasteiger partial charge is 0.326 e. The first kappa shape index (κ1) is 27.7. The molecular formula is C21H35N7O5. The molecule has 0 saturated heterocycles. The number of carbonyl (C=O) groups is 3. The Bertz CT molecular complexity index is 797. The summed E-state index contributed by atoms with van der Waals surface area (Å²) in [5.41, 5.74) is 22.8. The molecule has 2 amide bonds. The van der Waals surface area contributed by atoms with Crippen LogP contribution in [0.1, 0.15) is 37.7 Å². The van der Waals surface area contributed by atoms with Crippen LogP contribution in [0.5, 0.6) is 5.75 Å². The summed E-state index contributed by atoms with van der Waals surface area (Å²) in [6.45, 7) is 0.656. The number of nitrogens with zero attached hydrogens (tertiary/aromatic N) is 1. The highest BCUT2D eigenvalue weighted by molar-refractivity contribution is 5.91. The van der Waals surface area contributed by atoms with E-state index in [0.717, 1.165) is 5.56 Å². The van der Waals surface area contributed by atoms with Gasteiger partial charge in [-0.05, 0) is 62.8 Å². The van der Waals surface area contributed by atoms with E-state index in [1.54, 1.807) is 12.1 Å². The molecule has 3 atom stereocenters. The number of guanidine groups is 1. The van der Waals surface area contributed by atoms with Gasteiger partial charge in [0.05, 0.1) is 6.04 Å². The quantitative estimate of drug-likeness (QED) is 0.0853. The molecule has 0 spiro atoms. The Labute approximate surface area is 192 Å². The average Bonchev–Trinajstić information content (AvgIpc) is 2.76. The topological polar surface area (TPSA) is 232 Å². The average molecular weight is 466 g/mol. The van der Waals surface area contributed by atoms with Gasteiger partial charge in [0.15, 0.2) is 5.96 Å². The normalized spacial score (nSPS) is 13.4. The first-order chi connectivity index (χ1) is 15.6. The predicted octanol–water partition coefficient (Wildman–Crippen LogP) is -1.50. The molecule has 12 N–H and O–H groups in total. The maximum absolute atomic E-state index is 12.8. The molecule has 12 nitrogen and oxygen atoms in total. The number of unbranched alkanes of at least 4 members (excludes halogenated alkanes) is 1. The van der Waals surface area contributed by atoms with Crippen LogP contribution in [0.3, 0.4) is 0 Å². The van der Waals surface area contributed by atoms with Crippen LogP contribution < -0.4 is 33.6 Å². The van der Waals surface area contributed by atoms with Crippen molar-refractivity contribution < 1.29 is 24.6 Å². The number of hydrogen-bond acceptors (Lipinski definition) is 7. The van der Waals surface area contributed by atoms with Crippen molar-refractivity contribution in [3.05, 3.63) is 29.8 Å². The summed E-state index contributed by atoms with van der Waals surface area (Å²) in [6.07, 6.45) is 2.11. The van der Waals surface area contributed by atoms with E-state index >= 15 is 0 Å². The van der Waals surface area contributed by atoms with Crippen LogP contribution in [0.15, 0.2) is 29.3 Å². The van der Waals surface area contributed by atoms with E-state index < -0.39 is 35.9 Å². The third-order valence-electron chi connectivity index (χ3n) is 4.87. The van der Waals surface area contributed by atoms with Crippen LogP contribution in [-0.2, 0) is 20.8 Å². The molecule has 1 aromatic rings. The monoisotopic (exact) mass is 465 g/mol. The highest BCUT2D eigenvalue weighted by atomic mass is 16.4. The number of hydrogen-bond donors (Lipinski definition) is 8. The third kappa shape index (κ3) is 11.2. The Kier molecular flexibility index (Phi) is 12.3. The fraction of sp³-hybridized carbons (Fsp3) is 0.524. The second-order valence-electron chi connectivity index (χ2n) is 7.67. The second-order valence-corrected chi connectivity index (χ2v) is 7.67. The SMILES string of the molecule is NCCCCC(NC(=O)C(CCCN=C(N)N)NC(=O)C(N)Cc1ccc(O)cc1)C(=O)O. The highest BCUT2D eigenvalue weighted by Crippen LogP contribution is 2.11. The zero-order valence-electron chi connectivity index (χ0n) is 18.6. The van der Waals surface area contributed by atoms with Gasteiger partial charge in [0.1, 0.15) is 17.8 Å². The molecule has 0 saturated carbocycles. The Morgan fingerprint density at radius 2 is 1.55 bits per heavy atom. The lowest BCUT2D eigenvalue weighted by molar-refractivity contribution is -0.142. The molecule has 0 aliphatic heterocycles. The summed E-state index contributed by atoms with van der Waals surface area (Å²) < 4.78 is 0. The summed E-state index contributed by atoms with van der Waals surface area (Å²) in [5, 5.41) is 23.9. The number of aliphatic carboxylic acids is 1. The van der Waals surface area contributed by atoms with E-state index in [1.807, 2.05) is 0 Å². The number of rotatable bonds is 15. The fourth-order valence-electron chi connectivity index (χ4n) is 3.05. The lowest BCUT2D eigenvalue weighted by Crippen LogP contribution is -2.54. The van der Waals surface area contributed by atoms with Crippen molar-refractivity contribution in [2.24, 2.45) is 27.9 Å². The second kappa shape index (κ2) is 14.6. The molecule has 0 aliphatic rings. The number of amides is 2. The lowest BCUT2D eigenvalue weighted by Gasteiger charge is -2.23. The molecule has 0 radical (unpaired) electrons. The van der Waals surface area contributed by atoms with Crippen molar-refractivity contribution in [3.63, 3.8) is 0 Å². The molecule has 1 rings (SSSR count).